The number of Topliss-reactive ketones (excluding diaryl/α,β-unsaturated/α-hetero) is 1. The predicted octanol–water partition coefficient (Wildman–Crippen LogP) is 4.12. The molecule has 1 N–H and O–H groups in total. The fourth-order valence-electron chi connectivity index (χ4n) is 4.72. The maximum atomic E-state index is 13.5. The van der Waals surface area contributed by atoms with Crippen LogP contribution in [0.25, 0.3) is 5.76 Å². The summed E-state index contributed by atoms with van der Waals surface area (Å²) >= 11 is 0. The summed E-state index contributed by atoms with van der Waals surface area (Å²) in [4.78, 5) is 30.3. The van der Waals surface area contributed by atoms with Crippen molar-refractivity contribution in [2.24, 2.45) is 0 Å². The van der Waals surface area contributed by atoms with E-state index in [1.54, 1.807) is 30.3 Å². The molecule has 2 heterocycles. The molecule has 0 saturated carbocycles. The number of ketones is 1. The number of likely N-dealkylation sites (tertiary alicyclic amines) is 1. The summed E-state index contributed by atoms with van der Waals surface area (Å²) in [5.74, 6) is 0.168. The van der Waals surface area contributed by atoms with Crippen molar-refractivity contribution in [2.75, 3.05) is 40.0 Å². The molecular weight excluding hydrogens is 488 g/mol. The third kappa shape index (κ3) is 4.36. The maximum absolute atomic E-state index is 13.5. The smallest absolute Gasteiger partial charge is 0.295 e. The first kappa shape index (κ1) is 25.0. The van der Waals surface area contributed by atoms with Crippen LogP contribution in [0.1, 0.15) is 22.7 Å². The van der Waals surface area contributed by atoms with E-state index >= 15 is 0 Å². The Kier molecular flexibility index (Phi) is 6.59. The molecule has 196 valence electrons. The molecule has 1 saturated heterocycles. The number of carbonyl (C=O) groups is 2. The van der Waals surface area contributed by atoms with Gasteiger partial charge >= 0.3 is 0 Å². The van der Waals surface area contributed by atoms with Gasteiger partial charge in [-0.05, 0) is 53.6 Å². The van der Waals surface area contributed by atoms with E-state index in [-0.39, 0.29) is 30.2 Å². The molecule has 2 aliphatic heterocycles. The molecule has 9 heteroatoms. The Labute approximate surface area is 220 Å². The Bertz CT molecular complexity index is 1430. The summed E-state index contributed by atoms with van der Waals surface area (Å²) in [6, 6.07) is 17.0. The van der Waals surface area contributed by atoms with Crippen molar-refractivity contribution < 1.29 is 33.6 Å². The molecule has 38 heavy (non-hydrogen) atoms. The van der Waals surface area contributed by atoms with Crippen LogP contribution in [0.5, 0.6) is 23.0 Å². The van der Waals surface area contributed by atoms with Gasteiger partial charge in [-0.15, -0.1) is 0 Å². The van der Waals surface area contributed by atoms with Crippen molar-refractivity contribution in [3.05, 3.63) is 82.9 Å². The van der Waals surface area contributed by atoms with Gasteiger partial charge < -0.3 is 33.9 Å². The highest BCUT2D eigenvalue weighted by Crippen LogP contribution is 2.43. The molecule has 0 aromatic heterocycles. The van der Waals surface area contributed by atoms with Crippen LogP contribution in [-0.2, 0) is 16.1 Å². The average Bonchev–Trinajstić information content (AvgIpc) is 3.50. The number of hydrogen-bond acceptors (Lipinski definition) is 8. The number of hydrogen-bond donors (Lipinski definition) is 1. The van der Waals surface area contributed by atoms with E-state index in [0.717, 1.165) is 11.3 Å². The molecule has 3 aromatic carbocycles. The number of aliphatic hydroxyl groups is 1. The molecule has 0 bridgehead atoms. The minimum Gasteiger partial charge on any atom is -0.507 e. The van der Waals surface area contributed by atoms with Gasteiger partial charge in [0.25, 0.3) is 11.7 Å². The minimum absolute atomic E-state index is 0.0279. The van der Waals surface area contributed by atoms with E-state index in [1.807, 2.05) is 49.3 Å². The van der Waals surface area contributed by atoms with Gasteiger partial charge in [0.05, 0.1) is 31.4 Å². The van der Waals surface area contributed by atoms with Gasteiger partial charge in [-0.25, -0.2) is 0 Å². The summed E-state index contributed by atoms with van der Waals surface area (Å²) in [6.07, 6.45) is 0. The van der Waals surface area contributed by atoms with Crippen LogP contribution in [0, 0.1) is 0 Å². The number of carbonyl (C=O) groups excluding carboxylic acids is 2. The number of anilines is 1. The molecule has 1 atom stereocenters. The number of amides is 1. The fraction of sp³-hybridized carbons (Fsp3) is 0.241. The van der Waals surface area contributed by atoms with Crippen LogP contribution in [0.4, 0.5) is 5.69 Å². The monoisotopic (exact) mass is 516 g/mol. The number of benzene rings is 3. The highest BCUT2D eigenvalue weighted by Gasteiger charge is 2.46. The second-order valence-electron chi connectivity index (χ2n) is 9.17. The van der Waals surface area contributed by atoms with Crippen LogP contribution in [0.15, 0.2) is 66.2 Å². The Balaban J connectivity index is 1.65. The molecule has 1 amide bonds. The number of nitrogens with zero attached hydrogens (tertiary/aromatic N) is 2. The Morgan fingerprint density at radius 3 is 2.39 bits per heavy atom. The quantitative estimate of drug-likeness (QED) is 0.285. The molecule has 5 rings (SSSR count). The normalized spacial score (nSPS) is 17.6. The highest BCUT2D eigenvalue weighted by atomic mass is 16.7. The van der Waals surface area contributed by atoms with Gasteiger partial charge in [0.1, 0.15) is 17.3 Å². The molecule has 1 unspecified atom stereocenters. The SMILES string of the molecule is COc1ccc(OC)c(/C(O)=C2\C(=O)C(=O)N(Cc3ccc4c(c3)OCO4)C2c2ccc(N(C)C)cc2)c1. The molecule has 0 aliphatic carbocycles. The summed E-state index contributed by atoms with van der Waals surface area (Å²) in [7, 11) is 6.82. The first-order valence-corrected chi connectivity index (χ1v) is 12.0. The van der Waals surface area contributed by atoms with Crippen molar-refractivity contribution in [1.82, 2.24) is 4.90 Å². The second kappa shape index (κ2) is 10.0. The van der Waals surface area contributed by atoms with E-state index in [9.17, 15) is 14.7 Å². The summed E-state index contributed by atoms with van der Waals surface area (Å²) in [5.41, 5.74) is 2.61. The summed E-state index contributed by atoms with van der Waals surface area (Å²) in [5, 5.41) is 11.5. The molecule has 1 fully saturated rings. The molecule has 3 aromatic rings. The van der Waals surface area contributed by atoms with Crippen molar-refractivity contribution in [2.45, 2.75) is 12.6 Å². The Hall–Kier alpha value is -4.66. The predicted molar refractivity (Wildman–Crippen MR) is 141 cm³/mol. The van der Waals surface area contributed by atoms with Crippen LogP contribution in [0.3, 0.4) is 0 Å². The number of rotatable bonds is 7. The lowest BCUT2D eigenvalue weighted by Gasteiger charge is -2.26. The van der Waals surface area contributed by atoms with Crippen LogP contribution >= 0.6 is 0 Å². The first-order chi connectivity index (χ1) is 18.3. The lowest BCUT2D eigenvalue weighted by molar-refractivity contribution is -0.140. The zero-order valence-electron chi connectivity index (χ0n) is 21.6. The number of methoxy groups -OCH3 is 2. The van der Waals surface area contributed by atoms with E-state index < -0.39 is 17.7 Å². The van der Waals surface area contributed by atoms with Crippen molar-refractivity contribution >= 4 is 23.1 Å². The van der Waals surface area contributed by atoms with Crippen molar-refractivity contribution in [3.8, 4) is 23.0 Å². The van der Waals surface area contributed by atoms with E-state index in [0.29, 0.717) is 28.6 Å². The molecule has 2 aliphatic rings. The van der Waals surface area contributed by atoms with Crippen LogP contribution in [-0.4, -0.2) is 56.8 Å². The Morgan fingerprint density at radius 2 is 1.71 bits per heavy atom. The lowest BCUT2D eigenvalue weighted by atomic mass is 9.94. The summed E-state index contributed by atoms with van der Waals surface area (Å²) in [6.45, 7) is 0.247. The van der Waals surface area contributed by atoms with Gasteiger partial charge in [0, 0.05) is 26.3 Å². The van der Waals surface area contributed by atoms with Gasteiger partial charge in [-0.1, -0.05) is 18.2 Å². The number of aliphatic hydroxyl groups excluding tert-OH is 1. The third-order valence-electron chi connectivity index (χ3n) is 6.72. The van der Waals surface area contributed by atoms with Crippen LogP contribution in [0.2, 0.25) is 0 Å². The number of ether oxygens (including phenoxy) is 4. The van der Waals surface area contributed by atoms with Gasteiger partial charge in [-0.3, -0.25) is 9.59 Å². The van der Waals surface area contributed by atoms with Crippen LogP contribution < -0.4 is 23.8 Å². The van der Waals surface area contributed by atoms with Gasteiger partial charge in [-0.2, -0.15) is 0 Å². The fourth-order valence-corrected chi connectivity index (χ4v) is 4.72. The molecular formula is C29H28N2O7. The standard InChI is InChI=1S/C29H28N2O7/c1-30(2)19-8-6-18(7-9-19)26-25(27(32)21-14-20(35-3)10-12-22(21)36-4)28(33)29(34)31(26)15-17-5-11-23-24(13-17)38-16-37-23/h5-14,26,32H,15-16H2,1-4H3/b27-25+. The maximum Gasteiger partial charge on any atom is 0.295 e. The van der Waals surface area contributed by atoms with Gasteiger partial charge in [0.15, 0.2) is 11.5 Å². The third-order valence-corrected chi connectivity index (χ3v) is 6.72. The van der Waals surface area contributed by atoms with Crippen molar-refractivity contribution in [1.29, 1.82) is 0 Å². The van der Waals surface area contributed by atoms with Crippen molar-refractivity contribution in [3.63, 3.8) is 0 Å². The minimum atomic E-state index is -0.840. The molecule has 9 nitrogen and oxygen atoms in total. The topological polar surface area (TPSA) is 97.8 Å². The van der Waals surface area contributed by atoms with E-state index in [2.05, 4.69) is 0 Å². The Morgan fingerprint density at radius 1 is 0.974 bits per heavy atom. The van der Waals surface area contributed by atoms with E-state index in [1.165, 1.54) is 19.1 Å². The largest absolute Gasteiger partial charge is 0.507 e. The second-order valence-corrected chi connectivity index (χ2v) is 9.17. The molecule has 0 radical (unpaired) electrons. The van der Waals surface area contributed by atoms with E-state index in [4.69, 9.17) is 18.9 Å². The molecule has 0 spiro atoms. The first-order valence-electron chi connectivity index (χ1n) is 12.0. The zero-order valence-corrected chi connectivity index (χ0v) is 21.6. The average molecular weight is 517 g/mol. The van der Waals surface area contributed by atoms with Gasteiger partial charge in [0.2, 0.25) is 6.79 Å². The summed E-state index contributed by atoms with van der Waals surface area (Å²) < 4.78 is 21.7. The number of fused-ring (bicyclic) bond motifs is 1. The zero-order chi connectivity index (χ0) is 27.0. The highest BCUT2D eigenvalue weighted by molar-refractivity contribution is 6.46. The lowest BCUT2D eigenvalue weighted by Crippen LogP contribution is -2.29.